The quantitative estimate of drug-likeness (QED) is 0.102. The van der Waals surface area contributed by atoms with E-state index in [1.807, 2.05) is 0 Å². The second kappa shape index (κ2) is 14.0. The number of carboxylic acids is 2. The maximum atomic E-state index is 13.2. The number of hydrogen-bond donors (Lipinski definition) is 7. The van der Waals surface area contributed by atoms with E-state index in [9.17, 15) is 39.3 Å². The third-order valence-corrected chi connectivity index (χ3v) is 7.78. The van der Waals surface area contributed by atoms with E-state index in [-0.39, 0.29) is 48.2 Å². The molecule has 1 saturated carbocycles. The van der Waals surface area contributed by atoms with E-state index in [0.29, 0.717) is 25.8 Å². The molecule has 0 spiro atoms. The number of carbonyl (C=O) groups excluding carboxylic acids is 3. The van der Waals surface area contributed by atoms with Gasteiger partial charge in [-0.15, -0.1) is 0 Å². The number of phenolic OH excluding ortho intramolecular Hbond substituents is 1. The first-order valence-electron chi connectivity index (χ1n) is 13.7. The van der Waals surface area contributed by atoms with Gasteiger partial charge in [0.1, 0.15) is 23.9 Å². The Labute approximate surface area is 232 Å². The van der Waals surface area contributed by atoms with Crippen molar-refractivity contribution in [3.8, 4) is 5.75 Å². The van der Waals surface area contributed by atoms with Crippen LogP contribution in [0.5, 0.6) is 5.75 Å². The molecule has 0 aromatic heterocycles. The fourth-order valence-corrected chi connectivity index (χ4v) is 5.66. The van der Waals surface area contributed by atoms with Crippen LogP contribution in [-0.4, -0.2) is 80.6 Å². The van der Waals surface area contributed by atoms with E-state index >= 15 is 0 Å². The number of amides is 3. The molecule has 5 atom stereocenters. The number of nitrogens with one attached hydrogen (secondary N) is 2. The molecular weight excluding hydrogens is 522 g/mol. The zero-order valence-electron chi connectivity index (χ0n) is 22.4. The Kier molecular flexibility index (Phi) is 10.7. The summed E-state index contributed by atoms with van der Waals surface area (Å²) >= 11 is 0. The van der Waals surface area contributed by atoms with Crippen molar-refractivity contribution in [2.24, 2.45) is 11.7 Å². The van der Waals surface area contributed by atoms with E-state index in [0.717, 1.165) is 25.7 Å². The zero-order chi connectivity index (χ0) is 29.4. The third-order valence-electron chi connectivity index (χ3n) is 7.78. The van der Waals surface area contributed by atoms with E-state index < -0.39 is 47.8 Å². The molecule has 3 rings (SSSR count). The fourth-order valence-electron chi connectivity index (χ4n) is 5.66. The molecule has 220 valence electrons. The molecule has 1 aliphatic carbocycles. The number of rotatable bonds is 13. The minimum absolute atomic E-state index is 0.0184. The molecule has 13 heteroatoms. The maximum Gasteiger partial charge on any atom is 0.326 e. The first-order valence-corrected chi connectivity index (χ1v) is 13.7. The summed E-state index contributed by atoms with van der Waals surface area (Å²) in [6.45, 7) is 0.367. The number of aliphatic carboxylic acids is 2. The van der Waals surface area contributed by atoms with Crippen LogP contribution < -0.4 is 22.1 Å². The lowest BCUT2D eigenvalue weighted by molar-refractivity contribution is -0.150. The van der Waals surface area contributed by atoms with Gasteiger partial charge in [-0.05, 0) is 75.6 Å². The second-order valence-electron chi connectivity index (χ2n) is 10.5. The van der Waals surface area contributed by atoms with Crippen molar-refractivity contribution in [3.05, 3.63) is 23.8 Å². The van der Waals surface area contributed by atoms with Crippen LogP contribution in [0.2, 0.25) is 0 Å². The molecule has 1 heterocycles. The summed E-state index contributed by atoms with van der Waals surface area (Å²) in [5, 5.41) is 34.1. The number of benzene rings is 1. The number of nitrogens with two attached hydrogens (primary N) is 2. The number of unbranched alkanes of at least 4 members (excludes halogenated alkanes) is 1. The SMILES string of the molecule is NCCCC[C@H](NC(=O)c1ccc(O)c(N)c1)C(=O)N[C@H](CCC(=O)N1[C@H](C(=O)O)C[C@@H]2CCCC[C@@H]21)C(=O)O. The van der Waals surface area contributed by atoms with Crippen molar-refractivity contribution in [2.75, 3.05) is 12.3 Å². The third kappa shape index (κ3) is 7.62. The van der Waals surface area contributed by atoms with Crippen LogP contribution in [0.1, 0.15) is 74.6 Å². The highest BCUT2D eigenvalue weighted by molar-refractivity contribution is 5.99. The van der Waals surface area contributed by atoms with E-state index in [1.165, 1.54) is 23.1 Å². The summed E-state index contributed by atoms with van der Waals surface area (Å²) in [4.78, 5) is 64.3. The van der Waals surface area contributed by atoms with Crippen molar-refractivity contribution in [2.45, 2.75) is 88.4 Å². The molecule has 0 radical (unpaired) electrons. The Morgan fingerprint density at radius 2 is 1.73 bits per heavy atom. The molecule has 1 saturated heterocycles. The van der Waals surface area contributed by atoms with Crippen molar-refractivity contribution >= 4 is 35.3 Å². The van der Waals surface area contributed by atoms with Gasteiger partial charge in [0, 0.05) is 18.0 Å². The van der Waals surface area contributed by atoms with E-state index in [1.54, 1.807) is 0 Å². The molecular formula is C27H39N5O8. The number of hydrogen-bond acceptors (Lipinski definition) is 8. The number of phenols is 1. The Balaban J connectivity index is 1.66. The molecule has 9 N–H and O–H groups in total. The van der Waals surface area contributed by atoms with Crippen LogP contribution >= 0.6 is 0 Å². The molecule has 3 amide bonds. The molecule has 2 fully saturated rings. The van der Waals surface area contributed by atoms with E-state index in [2.05, 4.69) is 10.6 Å². The van der Waals surface area contributed by atoms with Gasteiger partial charge in [-0.2, -0.15) is 0 Å². The van der Waals surface area contributed by atoms with Gasteiger partial charge in [0.2, 0.25) is 11.8 Å². The number of carbonyl (C=O) groups is 5. The predicted molar refractivity (Wildman–Crippen MR) is 144 cm³/mol. The summed E-state index contributed by atoms with van der Waals surface area (Å²) in [7, 11) is 0. The van der Waals surface area contributed by atoms with Gasteiger partial charge in [0.15, 0.2) is 0 Å². The second-order valence-corrected chi connectivity index (χ2v) is 10.5. The van der Waals surface area contributed by atoms with Crippen LogP contribution in [0.4, 0.5) is 5.69 Å². The lowest BCUT2D eigenvalue weighted by atomic mass is 9.84. The highest BCUT2D eigenvalue weighted by atomic mass is 16.4. The summed E-state index contributed by atoms with van der Waals surface area (Å²) in [5.74, 6) is -4.33. The molecule has 2 aliphatic rings. The Hall–Kier alpha value is -3.87. The fraction of sp³-hybridized carbons (Fsp3) is 0.593. The van der Waals surface area contributed by atoms with Crippen LogP contribution in [0.15, 0.2) is 18.2 Å². The molecule has 0 unspecified atom stereocenters. The van der Waals surface area contributed by atoms with Gasteiger partial charge < -0.3 is 42.3 Å². The standard InChI is InChI=1S/C27H39N5O8/c28-12-4-3-6-18(30-24(35)16-8-10-22(33)17(29)13-16)25(36)31-19(26(37)38)9-11-23(34)32-20-7-2-1-5-15(20)14-21(32)27(39)40/h8,10,13,15,18-21,33H,1-7,9,11-12,14,28-29H2,(H,30,35)(H,31,36)(H,37,38)(H,39,40)/t15-,18-,19+,20-,21-/m0/s1. The van der Waals surface area contributed by atoms with Gasteiger partial charge in [-0.1, -0.05) is 12.8 Å². The summed E-state index contributed by atoms with van der Waals surface area (Å²) in [5.41, 5.74) is 11.3. The number of likely N-dealkylation sites (tertiary alicyclic amines) is 1. The minimum Gasteiger partial charge on any atom is -0.506 e. The normalized spacial score (nSPS) is 21.6. The smallest absolute Gasteiger partial charge is 0.326 e. The lowest BCUT2D eigenvalue weighted by Crippen LogP contribution is -2.52. The van der Waals surface area contributed by atoms with Crippen molar-refractivity contribution in [1.29, 1.82) is 0 Å². The molecule has 40 heavy (non-hydrogen) atoms. The van der Waals surface area contributed by atoms with Gasteiger partial charge in [0.05, 0.1) is 5.69 Å². The number of fused-ring (bicyclic) bond motifs is 1. The average Bonchev–Trinajstić information content (AvgIpc) is 3.31. The molecule has 0 bridgehead atoms. The van der Waals surface area contributed by atoms with Gasteiger partial charge in [-0.3, -0.25) is 14.4 Å². The molecule has 13 nitrogen and oxygen atoms in total. The van der Waals surface area contributed by atoms with Crippen LogP contribution in [0.3, 0.4) is 0 Å². The number of nitrogens with zero attached hydrogens (tertiary/aromatic N) is 1. The summed E-state index contributed by atoms with van der Waals surface area (Å²) < 4.78 is 0. The number of anilines is 1. The predicted octanol–water partition coefficient (Wildman–Crippen LogP) is 0.796. The summed E-state index contributed by atoms with van der Waals surface area (Å²) in [6.07, 6.45) is 4.62. The number of nitrogen functional groups attached to an aromatic ring is 1. The Morgan fingerprint density at radius 3 is 2.38 bits per heavy atom. The zero-order valence-corrected chi connectivity index (χ0v) is 22.4. The number of carboxylic acid groups (broad SMARTS) is 2. The van der Waals surface area contributed by atoms with Gasteiger partial charge in [-0.25, -0.2) is 9.59 Å². The van der Waals surface area contributed by atoms with Crippen LogP contribution in [0.25, 0.3) is 0 Å². The van der Waals surface area contributed by atoms with Crippen molar-refractivity contribution in [3.63, 3.8) is 0 Å². The van der Waals surface area contributed by atoms with E-state index in [4.69, 9.17) is 11.5 Å². The topological polar surface area (TPSA) is 225 Å². The van der Waals surface area contributed by atoms with Crippen LogP contribution in [0, 0.1) is 5.92 Å². The molecule has 1 aromatic rings. The highest BCUT2D eigenvalue weighted by Gasteiger charge is 2.47. The van der Waals surface area contributed by atoms with Crippen molar-refractivity contribution in [1.82, 2.24) is 15.5 Å². The van der Waals surface area contributed by atoms with Gasteiger partial charge in [0.25, 0.3) is 5.91 Å². The maximum absolute atomic E-state index is 13.2. The van der Waals surface area contributed by atoms with Crippen molar-refractivity contribution < 1.29 is 39.3 Å². The highest BCUT2D eigenvalue weighted by Crippen LogP contribution is 2.40. The largest absolute Gasteiger partial charge is 0.506 e. The lowest BCUT2D eigenvalue weighted by Gasteiger charge is -2.33. The average molecular weight is 562 g/mol. The number of aromatic hydroxyl groups is 1. The van der Waals surface area contributed by atoms with Crippen LogP contribution in [-0.2, 0) is 19.2 Å². The minimum atomic E-state index is -1.43. The van der Waals surface area contributed by atoms with Gasteiger partial charge >= 0.3 is 11.9 Å². The Bertz CT molecular complexity index is 1110. The molecule has 1 aliphatic heterocycles. The monoisotopic (exact) mass is 561 g/mol. The molecule has 1 aromatic carbocycles. The summed E-state index contributed by atoms with van der Waals surface area (Å²) in [6, 6.07) is 0.209. The first kappa shape index (κ1) is 30.7. The first-order chi connectivity index (χ1) is 19.0. The Morgan fingerprint density at radius 1 is 1.00 bits per heavy atom.